The highest BCUT2D eigenvalue weighted by molar-refractivity contribution is 5.89. The van der Waals surface area contributed by atoms with Gasteiger partial charge in [-0.15, -0.1) is 0 Å². The first kappa shape index (κ1) is 15.9. The van der Waals surface area contributed by atoms with Gasteiger partial charge in [-0.25, -0.2) is 14.4 Å². The molecule has 0 aromatic heterocycles. The standard InChI is InChI=1S/C6H12N2O2.C4H4O4/c1-10-6(9)8-4-2-7-3-5-8;5-3(6)1-2-4(7)8/h7H,2-5H2,1H3;1-2H,(H,5,6)(H,7,8)/b;2-1+. The molecule has 1 aliphatic heterocycles. The van der Waals surface area contributed by atoms with Crippen molar-refractivity contribution in [1.29, 1.82) is 0 Å². The minimum Gasteiger partial charge on any atom is -0.478 e. The number of carbonyl (C=O) groups is 3. The molecule has 1 heterocycles. The third-order valence-electron chi connectivity index (χ3n) is 1.92. The maximum atomic E-state index is 10.8. The molecule has 0 radical (unpaired) electrons. The van der Waals surface area contributed by atoms with Crippen molar-refractivity contribution in [1.82, 2.24) is 10.2 Å². The van der Waals surface area contributed by atoms with E-state index in [0.717, 1.165) is 26.2 Å². The Kier molecular flexibility index (Phi) is 7.95. The first-order valence-electron chi connectivity index (χ1n) is 5.15. The number of rotatable bonds is 2. The predicted molar refractivity (Wildman–Crippen MR) is 61.3 cm³/mol. The van der Waals surface area contributed by atoms with Crippen LogP contribution in [0.15, 0.2) is 12.2 Å². The highest BCUT2D eigenvalue weighted by atomic mass is 16.5. The Morgan fingerprint density at radius 2 is 1.56 bits per heavy atom. The van der Waals surface area contributed by atoms with Crippen molar-refractivity contribution in [2.75, 3.05) is 33.3 Å². The lowest BCUT2D eigenvalue weighted by molar-refractivity contribution is -0.134. The summed E-state index contributed by atoms with van der Waals surface area (Å²) in [6.07, 6.45) is 0.895. The number of carboxylic acid groups (broad SMARTS) is 2. The topological polar surface area (TPSA) is 116 Å². The second kappa shape index (κ2) is 8.99. The maximum absolute atomic E-state index is 10.8. The van der Waals surface area contributed by atoms with E-state index < -0.39 is 11.9 Å². The molecule has 1 rings (SSSR count). The van der Waals surface area contributed by atoms with Crippen LogP contribution in [0.4, 0.5) is 4.79 Å². The minimum absolute atomic E-state index is 0.221. The van der Waals surface area contributed by atoms with Crippen molar-refractivity contribution >= 4 is 18.0 Å². The summed E-state index contributed by atoms with van der Waals surface area (Å²) in [4.78, 5) is 31.6. The van der Waals surface area contributed by atoms with Gasteiger partial charge in [-0.2, -0.15) is 0 Å². The molecular formula is C10H16N2O6. The number of hydrogen-bond acceptors (Lipinski definition) is 5. The second-order valence-corrected chi connectivity index (χ2v) is 3.22. The third kappa shape index (κ3) is 8.11. The van der Waals surface area contributed by atoms with E-state index in [9.17, 15) is 14.4 Å². The van der Waals surface area contributed by atoms with E-state index in [1.54, 1.807) is 4.90 Å². The van der Waals surface area contributed by atoms with Crippen LogP contribution < -0.4 is 5.32 Å². The summed E-state index contributed by atoms with van der Waals surface area (Å²) in [5.74, 6) is -2.51. The molecule has 0 bridgehead atoms. The van der Waals surface area contributed by atoms with Crippen molar-refractivity contribution in [3.05, 3.63) is 12.2 Å². The Bertz CT molecular complexity index is 306. The molecule has 1 amide bonds. The number of nitrogens with zero attached hydrogens (tertiary/aromatic N) is 1. The number of piperazine rings is 1. The highest BCUT2D eigenvalue weighted by Gasteiger charge is 2.15. The summed E-state index contributed by atoms with van der Waals surface area (Å²) >= 11 is 0. The summed E-state index contributed by atoms with van der Waals surface area (Å²) < 4.78 is 4.55. The molecule has 0 spiro atoms. The number of carbonyl (C=O) groups excluding carboxylic acids is 1. The summed E-state index contributed by atoms with van der Waals surface area (Å²) in [6.45, 7) is 3.25. The largest absolute Gasteiger partial charge is 0.478 e. The highest BCUT2D eigenvalue weighted by Crippen LogP contribution is 1.94. The lowest BCUT2D eigenvalue weighted by atomic mass is 10.4. The Labute approximate surface area is 104 Å². The van der Waals surface area contributed by atoms with Crippen LogP contribution in [0.5, 0.6) is 0 Å². The maximum Gasteiger partial charge on any atom is 0.409 e. The molecule has 102 valence electrons. The van der Waals surface area contributed by atoms with Gasteiger partial charge < -0.3 is 25.2 Å². The molecule has 3 N–H and O–H groups in total. The summed E-state index contributed by atoms with van der Waals surface area (Å²) in [5.41, 5.74) is 0. The molecule has 0 saturated carbocycles. The summed E-state index contributed by atoms with van der Waals surface area (Å²) in [6, 6.07) is 0. The van der Waals surface area contributed by atoms with Crippen LogP contribution in [-0.2, 0) is 14.3 Å². The molecule has 0 aliphatic carbocycles. The van der Waals surface area contributed by atoms with Crippen LogP contribution in [0.25, 0.3) is 0 Å². The summed E-state index contributed by atoms with van der Waals surface area (Å²) in [7, 11) is 1.41. The lowest BCUT2D eigenvalue weighted by Gasteiger charge is -2.25. The van der Waals surface area contributed by atoms with Crippen molar-refractivity contribution in [3.8, 4) is 0 Å². The van der Waals surface area contributed by atoms with Crippen LogP contribution in [0.1, 0.15) is 0 Å². The summed E-state index contributed by atoms with van der Waals surface area (Å²) in [5, 5.41) is 18.8. The zero-order chi connectivity index (χ0) is 14.0. The smallest absolute Gasteiger partial charge is 0.409 e. The van der Waals surface area contributed by atoms with E-state index in [4.69, 9.17) is 10.2 Å². The first-order valence-corrected chi connectivity index (χ1v) is 5.15. The molecule has 8 nitrogen and oxygen atoms in total. The van der Waals surface area contributed by atoms with Crippen molar-refractivity contribution in [2.45, 2.75) is 0 Å². The van der Waals surface area contributed by atoms with Gasteiger partial charge in [0.25, 0.3) is 0 Å². The average molecular weight is 260 g/mol. The van der Waals surface area contributed by atoms with Crippen LogP contribution in [0.2, 0.25) is 0 Å². The molecule has 1 saturated heterocycles. The van der Waals surface area contributed by atoms with E-state index in [2.05, 4.69) is 10.1 Å². The molecule has 8 heteroatoms. The normalized spacial score (nSPS) is 14.6. The minimum atomic E-state index is -1.26. The van der Waals surface area contributed by atoms with E-state index in [1.165, 1.54) is 7.11 Å². The fourth-order valence-electron chi connectivity index (χ4n) is 1.12. The fourth-order valence-corrected chi connectivity index (χ4v) is 1.12. The third-order valence-corrected chi connectivity index (χ3v) is 1.92. The second-order valence-electron chi connectivity index (χ2n) is 3.22. The zero-order valence-electron chi connectivity index (χ0n) is 9.96. The van der Waals surface area contributed by atoms with E-state index in [1.807, 2.05) is 0 Å². The molecule has 1 aliphatic rings. The molecule has 18 heavy (non-hydrogen) atoms. The number of hydrogen-bond donors (Lipinski definition) is 3. The first-order chi connectivity index (χ1) is 8.47. The van der Waals surface area contributed by atoms with E-state index in [-0.39, 0.29) is 6.09 Å². The number of methoxy groups -OCH3 is 1. The molecule has 1 fully saturated rings. The van der Waals surface area contributed by atoms with E-state index in [0.29, 0.717) is 12.2 Å². The van der Waals surface area contributed by atoms with Crippen LogP contribution in [0.3, 0.4) is 0 Å². The Hall–Kier alpha value is -2.09. The Morgan fingerprint density at radius 1 is 1.11 bits per heavy atom. The molecule has 0 atom stereocenters. The van der Waals surface area contributed by atoms with Gasteiger partial charge in [0.2, 0.25) is 0 Å². The quantitative estimate of drug-likeness (QED) is 0.566. The fraction of sp³-hybridized carbons (Fsp3) is 0.500. The van der Waals surface area contributed by atoms with Crippen LogP contribution >= 0.6 is 0 Å². The van der Waals surface area contributed by atoms with Gasteiger partial charge in [-0.05, 0) is 0 Å². The van der Waals surface area contributed by atoms with Crippen LogP contribution in [-0.4, -0.2) is 66.4 Å². The monoisotopic (exact) mass is 260 g/mol. The lowest BCUT2D eigenvalue weighted by Crippen LogP contribution is -2.46. The zero-order valence-corrected chi connectivity index (χ0v) is 9.96. The molecule has 0 unspecified atom stereocenters. The van der Waals surface area contributed by atoms with Crippen LogP contribution in [0, 0.1) is 0 Å². The van der Waals surface area contributed by atoms with Gasteiger partial charge >= 0.3 is 18.0 Å². The van der Waals surface area contributed by atoms with Crippen molar-refractivity contribution < 1.29 is 29.3 Å². The average Bonchev–Trinajstić information content (AvgIpc) is 2.37. The van der Waals surface area contributed by atoms with Gasteiger partial charge in [0, 0.05) is 38.3 Å². The Morgan fingerprint density at radius 3 is 1.89 bits per heavy atom. The predicted octanol–water partition coefficient (Wildman–Crippen LogP) is -0.630. The molecule has 0 aromatic rings. The SMILES string of the molecule is COC(=O)N1CCNCC1.O=C(O)/C=C/C(=O)O. The van der Waals surface area contributed by atoms with Gasteiger partial charge in [0.15, 0.2) is 0 Å². The molecular weight excluding hydrogens is 244 g/mol. The van der Waals surface area contributed by atoms with Gasteiger partial charge in [0.05, 0.1) is 7.11 Å². The van der Waals surface area contributed by atoms with Gasteiger partial charge in [-0.1, -0.05) is 0 Å². The molecule has 0 aromatic carbocycles. The number of nitrogens with one attached hydrogen (secondary N) is 1. The number of carboxylic acids is 2. The van der Waals surface area contributed by atoms with Crippen molar-refractivity contribution in [3.63, 3.8) is 0 Å². The van der Waals surface area contributed by atoms with Crippen molar-refractivity contribution in [2.24, 2.45) is 0 Å². The van der Waals surface area contributed by atoms with Gasteiger partial charge in [-0.3, -0.25) is 0 Å². The number of amides is 1. The number of ether oxygens (including phenoxy) is 1. The van der Waals surface area contributed by atoms with Gasteiger partial charge in [0.1, 0.15) is 0 Å². The number of aliphatic carboxylic acids is 2. The van der Waals surface area contributed by atoms with E-state index >= 15 is 0 Å². The Balaban J connectivity index is 0.000000331.